The maximum absolute atomic E-state index is 5.15. The fourth-order valence-corrected chi connectivity index (χ4v) is 1.29. The largest absolute Gasteiger partial charge is 0.377 e. The van der Waals surface area contributed by atoms with Crippen LogP contribution in [0.3, 0.4) is 0 Å². The summed E-state index contributed by atoms with van der Waals surface area (Å²) in [6.45, 7) is 0. The smallest absolute Gasteiger partial charge is 0.0786 e. The summed E-state index contributed by atoms with van der Waals surface area (Å²) in [6, 6.07) is 0.762. The summed E-state index contributed by atoms with van der Waals surface area (Å²) in [4.78, 5) is 1.14. The predicted molar refractivity (Wildman–Crippen MR) is 41.5 cm³/mol. The highest BCUT2D eigenvalue weighted by Gasteiger charge is 2.30. The molecule has 2 aliphatic carbocycles. The van der Waals surface area contributed by atoms with Gasteiger partial charge in [-0.25, -0.2) is 0 Å². The van der Waals surface area contributed by atoms with Gasteiger partial charge in [0.1, 0.15) is 0 Å². The number of nitrogens with one attached hydrogen (secondary N) is 1. The van der Waals surface area contributed by atoms with Gasteiger partial charge in [-0.3, -0.25) is 0 Å². The zero-order chi connectivity index (χ0) is 6.27. The van der Waals surface area contributed by atoms with E-state index in [0.717, 1.165) is 16.9 Å². The summed E-state index contributed by atoms with van der Waals surface area (Å²) >= 11 is 5.15. The summed E-state index contributed by atoms with van der Waals surface area (Å²) < 4.78 is 0. The summed E-state index contributed by atoms with van der Waals surface area (Å²) in [5, 5.41) is 3.35. The zero-order valence-corrected chi connectivity index (χ0v) is 6.21. The van der Waals surface area contributed by atoms with Crippen molar-refractivity contribution in [1.29, 1.82) is 0 Å². The molecule has 0 saturated heterocycles. The van der Waals surface area contributed by atoms with E-state index in [9.17, 15) is 0 Å². The molecule has 0 unspecified atom stereocenters. The molecule has 1 nitrogen and oxygen atoms in total. The molecular weight excluding hydrogens is 130 g/mol. The Hall–Kier alpha value is -0.110. The van der Waals surface area contributed by atoms with Crippen LogP contribution in [0.25, 0.3) is 0 Å². The molecule has 0 aliphatic heterocycles. The molecule has 0 aromatic rings. The minimum absolute atomic E-state index is 0.762. The molecule has 2 rings (SSSR count). The van der Waals surface area contributed by atoms with Gasteiger partial charge in [-0.05, 0) is 25.7 Å². The molecule has 0 heterocycles. The van der Waals surface area contributed by atoms with Crippen LogP contribution in [-0.2, 0) is 0 Å². The third-order valence-corrected chi connectivity index (χ3v) is 2.32. The maximum Gasteiger partial charge on any atom is 0.0786 e. The summed E-state index contributed by atoms with van der Waals surface area (Å²) in [5.41, 5.74) is 0. The van der Waals surface area contributed by atoms with Crippen LogP contribution >= 0.6 is 12.2 Å². The summed E-state index contributed by atoms with van der Waals surface area (Å²) in [7, 11) is 0. The second-order valence-corrected chi connectivity index (χ2v) is 3.50. The summed E-state index contributed by atoms with van der Waals surface area (Å²) in [6.07, 6.45) is 5.34. The molecule has 2 saturated carbocycles. The highest BCUT2D eigenvalue weighted by Crippen LogP contribution is 2.31. The zero-order valence-electron chi connectivity index (χ0n) is 5.39. The van der Waals surface area contributed by atoms with Gasteiger partial charge in [0.15, 0.2) is 0 Å². The molecule has 2 fully saturated rings. The van der Waals surface area contributed by atoms with Crippen LogP contribution in [0.5, 0.6) is 0 Å². The highest BCUT2D eigenvalue weighted by atomic mass is 32.1. The average molecular weight is 141 g/mol. The van der Waals surface area contributed by atoms with E-state index < -0.39 is 0 Å². The van der Waals surface area contributed by atoms with Crippen molar-refractivity contribution in [3.8, 4) is 0 Å². The fourth-order valence-electron chi connectivity index (χ4n) is 0.892. The lowest BCUT2D eigenvalue weighted by Gasteiger charge is -2.01. The Morgan fingerprint density at radius 2 is 1.89 bits per heavy atom. The van der Waals surface area contributed by atoms with Crippen molar-refractivity contribution in [2.24, 2.45) is 5.92 Å². The molecule has 9 heavy (non-hydrogen) atoms. The van der Waals surface area contributed by atoms with Crippen LogP contribution in [0.2, 0.25) is 0 Å². The third-order valence-electron chi connectivity index (χ3n) is 1.87. The number of thiocarbonyl (C=S) groups is 1. The molecule has 0 amide bonds. The molecule has 0 bridgehead atoms. The van der Waals surface area contributed by atoms with Crippen molar-refractivity contribution in [1.82, 2.24) is 5.32 Å². The molecule has 0 radical (unpaired) electrons. The van der Waals surface area contributed by atoms with Crippen molar-refractivity contribution in [3.63, 3.8) is 0 Å². The molecule has 2 aliphatic rings. The van der Waals surface area contributed by atoms with E-state index in [1.165, 1.54) is 25.7 Å². The van der Waals surface area contributed by atoms with Crippen LogP contribution in [-0.4, -0.2) is 11.0 Å². The van der Waals surface area contributed by atoms with E-state index >= 15 is 0 Å². The van der Waals surface area contributed by atoms with Gasteiger partial charge in [0.05, 0.1) is 4.99 Å². The van der Waals surface area contributed by atoms with Crippen molar-refractivity contribution in [3.05, 3.63) is 0 Å². The van der Waals surface area contributed by atoms with Gasteiger partial charge in [-0.1, -0.05) is 12.2 Å². The highest BCUT2D eigenvalue weighted by molar-refractivity contribution is 7.80. The molecule has 50 valence electrons. The molecule has 2 heteroatoms. The summed E-state index contributed by atoms with van der Waals surface area (Å²) in [5.74, 6) is 0.764. The van der Waals surface area contributed by atoms with Gasteiger partial charge in [0.2, 0.25) is 0 Å². The Morgan fingerprint density at radius 3 is 2.33 bits per heavy atom. The Morgan fingerprint density at radius 1 is 1.22 bits per heavy atom. The monoisotopic (exact) mass is 141 g/mol. The van der Waals surface area contributed by atoms with E-state index in [0.29, 0.717) is 0 Å². The standard InChI is InChI=1S/C7H11NS/c9-7(5-1-2-5)8-6-3-4-6/h5-6H,1-4H2,(H,8,9). The molecule has 0 spiro atoms. The number of hydrogen-bond acceptors (Lipinski definition) is 1. The second kappa shape index (κ2) is 1.94. The third kappa shape index (κ3) is 1.42. The molecule has 0 aromatic carbocycles. The minimum Gasteiger partial charge on any atom is -0.377 e. The van der Waals surface area contributed by atoms with E-state index in [1.54, 1.807) is 0 Å². The Labute approximate surface area is 60.8 Å². The van der Waals surface area contributed by atoms with Crippen molar-refractivity contribution < 1.29 is 0 Å². The minimum atomic E-state index is 0.762. The molecular formula is C7H11NS. The van der Waals surface area contributed by atoms with Gasteiger partial charge in [0, 0.05) is 12.0 Å². The normalized spacial score (nSPS) is 25.8. The van der Waals surface area contributed by atoms with Gasteiger partial charge in [-0.2, -0.15) is 0 Å². The lowest BCUT2D eigenvalue weighted by Crippen LogP contribution is -2.24. The van der Waals surface area contributed by atoms with E-state index in [-0.39, 0.29) is 0 Å². The first-order chi connectivity index (χ1) is 4.36. The maximum atomic E-state index is 5.15. The Bertz CT molecular complexity index is 136. The topological polar surface area (TPSA) is 12.0 Å². The Balaban J connectivity index is 1.75. The van der Waals surface area contributed by atoms with Gasteiger partial charge in [0.25, 0.3) is 0 Å². The van der Waals surface area contributed by atoms with E-state index in [2.05, 4.69) is 5.32 Å². The Kier molecular flexibility index (Phi) is 1.22. The molecule has 0 aromatic heterocycles. The van der Waals surface area contributed by atoms with Crippen molar-refractivity contribution in [2.75, 3.05) is 0 Å². The van der Waals surface area contributed by atoms with Crippen LogP contribution in [0.4, 0.5) is 0 Å². The van der Waals surface area contributed by atoms with Crippen LogP contribution < -0.4 is 5.32 Å². The van der Waals surface area contributed by atoms with E-state index in [1.807, 2.05) is 0 Å². The molecule has 0 atom stereocenters. The second-order valence-electron chi connectivity index (χ2n) is 3.06. The lowest BCUT2D eigenvalue weighted by molar-refractivity contribution is 0.887. The van der Waals surface area contributed by atoms with Gasteiger partial charge < -0.3 is 5.32 Å². The van der Waals surface area contributed by atoms with Gasteiger partial charge >= 0.3 is 0 Å². The molecule has 1 N–H and O–H groups in total. The van der Waals surface area contributed by atoms with Crippen LogP contribution in [0.15, 0.2) is 0 Å². The van der Waals surface area contributed by atoms with E-state index in [4.69, 9.17) is 12.2 Å². The first-order valence-electron chi connectivity index (χ1n) is 3.66. The number of hydrogen-bond donors (Lipinski definition) is 1. The first-order valence-corrected chi connectivity index (χ1v) is 4.07. The predicted octanol–water partition coefficient (Wildman–Crippen LogP) is 1.48. The van der Waals surface area contributed by atoms with Crippen LogP contribution in [0, 0.1) is 5.92 Å². The lowest BCUT2D eigenvalue weighted by atomic mass is 10.4. The first kappa shape index (κ1) is 5.66. The SMILES string of the molecule is S=C(NC1CC1)C1CC1. The fraction of sp³-hybridized carbons (Fsp3) is 0.857. The average Bonchev–Trinajstić information content (AvgIpc) is 2.62. The quantitative estimate of drug-likeness (QED) is 0.584. The van der Waals surface area contributed by atoms with Gasteiger partial charge in [-0.15, -0.1) is 0 Å². The van der Waals surface area contributed by atoms with Crippen molar-refractivity contribution >= 4 is 17.2 Å². The van der Waals surface area contributed by atoms with Crippen LogP contribution in [0.1, 0.15) is 25.7 Å². The van der Waals surface area contributed by atoms with Crippen molar-refractivity contribution in [2.45, 2.75) is 31.7 Å². The number of rotatable bonds is 2.